The van der Waals surface area contributed by atoms with Crippen LogP contribution in [0.4, 0.5) is 8.78 Å². The summed E-state index contributed by atoms with van der Waals surface area (Å²) in [5.74, 6) is 3.97. The van der Waals surface area contributed by atoms with E-state index in [1.807, 2.05) is 30.3 Å². The lowest BCUT2D eigenvalue weighted by Gasteiger charge is -2.13. The van der Waals surface area contributed by atoms with Gasteiger partial charge in [0.2, 0.25) is 5.88 Å². The van der Waals surface area contributed by atoms with Crippen molar-refractivity contribution in [2.45, 2.75) is 20.0 Å². The number of aryl methyl sites for hydroxylation is 1. The molecule has 142 valence electrons. The second kappa shape index (κ2) is 9.12. The number of aromatic nitrogens is 1. The molecule has 1 heterocycles. The molecule has 0 saturated carbocycles. The van der Waals surface area contributed by atoms with Crippen LogP contribution < -0.4 is 4.74 Å². The summed E-state index contributed by atoms with van der Waals surface area (Å²) in [5, 5.41) is 8.76. The van der Waals surface area contributed by atoms with Crippen molar-refractivity contribution in [2.75, 3.05) is 6.61 Å². The van der Waals surface area contributed by atoms with Gasteiger partial charge in [0.25, 0.3) is 0 Å². The van der Waals surface area contributed by atoms with Gasteiger partial charge in [0.15, 0.2) is 0 Å². The summed E-state index contributed by atoms with van der Waals surface area (Å²) in [6, 6.07) is 15.1. The van der Waals surface area contributed by atoms with E-state index in [1.54, 1.807) is 19.1 Å². The second-order valence-corrected chi connectivity index (χ2v) is 6.17. The van der Waals surface area contributed by atoms with Crippen LogP contribution in [0.1, 0.15) is 23.2 Å². The van der Waals surface area contributed by atoms with E-state index < -0.39 is 11.6 Å². The van der Waals surface area contributed by atoms with Crippen molar-refractivity contribution in [3.8, 4) is 28.8 Å². The summed E-state index contributed by atoms with van der Waals surface area (Å²) in [4.78, 5) is 4.32. The topological polar surface area (TPSA) is 42.4 Å². The molecule has 3 aromatic rings. The zero-order valence-electron chi connectivity index (χ0n) is 15.4. The largest absolute Gasteiger partial charge is 0.472 e. The van der Waals surface area contributed by atoms with Gasteiger partial charge in [-0.2, -0.15) is 0 Å². The summed E-state index contributed by atoms with van der Waals surface area (Å²) in [6.45, 7) is 1.91. The molecule has 5 heteroatoms. The van der Waals surface area contributed by atoms with Gasteiger partial charge in [0.1, 0.15) is 18.2 Å². The van der Waals surface area contributed by atoms with Crippen LogP contribution >= 0.6 is 0 Å². The molecule has 0 saturated heterocycles. The molecule has 0 radical (unpaired) electrons. The highest BCUT2D eigenvalue weighted by Crippen LogP contribution is 2.34. The van der Waals surface area contributed by atoms with Gasteiger partial charge in [-0.05, 0) is 36.8 Å². The number of ether oxygens (including phenoxy) is 1. The highest BCUT2D eigenvalue weighted by molar-refractivity contribution is 5.70. The van der Waals surface area contributed by atoms with E-state index in [1.165, 1.54) is 12.1 Å². The third-order valence-corrected chi connectivity index (χ3v) is 4.00. The van der Waals surface area contributed by atoms with E-state index in [9.17, 15) is 8.78 Å². The minimum absolute atomic E-state index is 0.104. The molecule has 0 aliphatic rings. The fourth-order valence-corrected chi connectivity index (χ4v) is 2.68. The number of aliphatic hydroxyl groups is 1. The van der Waals surface area contributed by atoms with Crippen LogP contribution in [0, 0.1) is 30.4 Å². The van der Waals surface area contributed by atoms with Crippen molar-refractivity contribution in [2.24, 2.45) is 0 Å². The first-order valence-corrected chi connectivity index (χ1v) is 8.82. The Morgan fingerprint density at radius 3 is 2.43 bits per heavy atom. The number of hydrogen-bond acceptors (Lipinski definition) is 3. The fraction of sp³-hybridized carbons (Fsp3) is 0.174. The molecule has 0 aliphatic heterocycles. The van der Waals surface area contributed by atoms with Crippen LogP contribution in [0.25, 0.3) is 11.1 Å². The van der Waals surface area contributed by atoms with E-state index in [0.29, 0.717) is 5.69 Å². The molecule has 28 heavy (non-hydrogen) atoms. The fourth-order valence-electron chi connectivity index (χ4n) is 2.68. The summed E-state index contributed by atoms with van der Waals surface area (Å²) in [7, 11) is 0. The Bertz CT molecular complexity index is 1000. The van der Waals surface area contributed by atoms with Crippen LogP contribution in [-0.2, 0) is 6.61 Å². The van der Waals surface area contributed by atoms with Crippen LogP contribution in [0.15, 0.2) is 54.6 Å². The molecule has 0 fully saturated rings. The van der Waals surface area contributed by atoms with Gasteiger partial charge < -0.3 is 9.84 Å². The first-order chi connectivity index (χ1) is 13.6. The monoisotopic (exact) mass is 379 g/mol. The summed E-state index contributed by atoms with van der Waals surface area (Å²) in [5.41, 5.74) is 1.85. The smallest absolute Gasteiger partial charge is 0.222 e. The van der Waals surface area contributed by atoms with E-state index in [4.69, 9.17) is 9.84 Å². The zero-order chi connectivity index (χ0) is 19.9. The van der Waals surface area contributed by atoms with Crippen LogP contribution in [-0.4, -0.2) is 16.7 Å². The molecule has 0 bridgehead atoms. The Balaban J connectivity index is 1.96. The van der Waals surface area contributed by atoms with Crippen LogP contribution in [0.2, 0.25) is 0 Å². The zero-order valence-corrected chi connectivity index (χ0v) is 15.4. The predicted molar refractivity (Wildman–Crippen MR) is 104 cm³/mol. The summed E-state index contributed by atoms with van der Waals surface area (Å²) < 4.78 is 35.2. The normalized spacial score (nSPS) is 10.3. The van der Waals surface area contributed by atoms with E-state index in [0.717, 1.165) is 5.56 Å². The van der Waals surface area contributed by atoms with Gasteiger partial charge in [-0.3, -0.25) is 0 Å². The quantitative estimate of drug-likeness (QED) is 0.657. The number of rotatable bonds is 5. The van der Waals surface area contributed by atoms with Crippen molar-refractivity contribution in [1.82, 2.24) is 4.98 Å². The Kier molecular flexibility index (Phi) is 6.36. The lowest BCUT2D eigenvalue weighted by molar-refractivity contribution is 0.294. The van der Waals surface area contributed by atoms with Crippen LogP contribution in [0.5, 0.6) is 5.88 Å². The van der Waals surface area contributed by atoms with E-state index in [-0.39, 0.29) is 42.2 Å². The van der Waals surface area contributed by atoms with Crippen molar-refractivity contribution in [3.05, 3.63) is 83.1 Å². The van der Waals surface area contributed by atoms with Crippen molar-refractivity contribution < 1.29 is 18.6 Å². The SMILES string of the molecule is Cc1ccc(-c2c(F)cc(C#CCCO)cc2F)c(OCc2ccccc2)n1. The van der Waals surface area contributed by atoms with Gasteiger partial charge in [0, 0.05) is 23.2 Å². The molecule has 1 N–H and O–H groups in total. The maximum absolute atomic E-state index is 14.7. The standard InChI is InChI=1S/C23H19F2NO2/c1-16-10-11-19(23(26-16)28-15-17-7-3-2-4-8-17)22-20(24)13-18(14-21(22)25)9-5-6-12-27/h2-4,7-8,10-11,13-14,27H,6,12,15H2,1H3. The van der Waals surface area contributed by atoms with E-state index in [2.05, 4.69) is 16.8 Å². The van der Waals surface area contributed by atoms with Gasteiger partial charge in [-0.1, -0.05) is 42.2 Å². The molecule has 2 aromatic carbocycles. The highest BCUT2D eigenvalue weighted by Gasteiger charge is 2.18. The lowest BCUT2D eigenvalue weighted by atomic mass is 10.0. The first kappa shape index (κ1) is 19.5. The molecular formula is C23H19F2NO2. The predicted octanol–water partition coefficient (Wildman–Crippen LogP) is 4.65. The number of aliphatic hydroxyl groups excluding tert-OH is 1. The summed E-state index contributed by atoms with van der Waals surface area (Å²) >= 11 is 0. The van der Waals surface area contributed by atoms with E-state index >= 15 is 0 Å². The van der Waals surface area contributed by atoms with Gasteiger partial charge >= 0.3 is 0 Å². The van der Waals surface area contributed by atoms with Gasteiger partial charge in [-0.15, -0.1) is 0 Å². The number of benzene rings is 2. The van der Waals surface area contributed by atoms with Gasteiger partial charge in [-0.25, -0.2) is 13.8 Å². The van der Waals surface area contributed by atoms with Gasteiger partial charge in [0.05, 0.1) is 12.2 Å². The maximum Gasteiger partial charge on any atom is 0.222 e. The number of pyridine rings is 1. The van der Waals surface area contributed by atoms with Crippen LogP contribution in [0.3, 0.4) is 0 Å². The van der Waals surface area contributed by atoms with Crippen molar-refractivity contribution in [1.29, 1.82) is 0 Å². The molecule has 0 atom stereocenters. The number of nitrogens with zero attached hydrogens (tertiary/aromatic N) is 1. The third-order valence-electron chi connectivity index (χ3n) is 4.00. The number of halogens is 2. The van der Waals surface area contributed by atoms with Crippen molar-refractivity contribution in [3.63, 3.8) is 0 Å². The molecule has 3 nitrogen and oxygen atoms in total. The maximum atomic E-state index is 14.7. The Labute approximate surface area is 162 Å². The minimum atomic E-state index is -0.747. The molecule has 3 rings (SSSR count). The lowest BCUT2D eigenvalue weighted by Crippen LogP contribution is -2.02. The number of hydrogen-bond donors (Lipinski definition) is 1. The Hall–Kier alpha value is -3.23. The molecule has 0 aliphatic carbocycles. The average Bonchev–Trinajstić information content (AvgIpc) is 2.68. The molecule has 1 aromatic heterocycles. The molecule has 0 amide bonds. The first-order valence-electron chi connectivity index (χ1n) is 8.82. The molecule has 0 spiro atoms. The molecular weight excluding hydrogens is 360 g/mol. The Morgan fingerprint density at radius 1 is 1.04 bits per heavy atom. The molecule has 0 unspecified atom stereocenters. The summed E-state index contributed by atoms with van der Waals surface area (Å²) in [6.07, 6.45) is 0.240. The highest BCUT2D eigenvalue weighted by atomic mass is 19.1. The second-order valence-electron chi connectivity index (χ2n) is 6.17. The van der Waals surface area contributed by atoms with Crippen molar-refractivity contribution >= 4 is 0 Å². The Morgan fingerprint density at radius 2 is 1.75 bits per heavy atom. The minimum Gasteiger partial charge on any atom is -0.472 e. The third kappa shape index (κ3) is 4.73. The average molecular weight is 379 g/mol.